The topological polar surface area (TPSA) is 67.4 Å². The lowest BCUT2D eigenvalue weighted by molar-refractivity contribution is 0.415. The Balaban J connectivity index is 1.98. The Hall–Kier alpha value is -1.92. The van der Waals surface area contributed by atoms with Crippen LogP contribution in [0.4, 0.5) is 11.4 Å². The van der Waals surface area contributed by atoms with Crippen LogP contribution >= 0.6 is 11.6 Å². The van der Waals surface area contributed by atoms with E-state index in [4.69, 9.17) is 16.3 Å². The summed E-state index contributed by atoms with van der Waals surface area (Å²) in [6, 6.07) is 12.7. The van der Waals surface area contributed by atoms with Crippen molar-refractivity contribution in [3.8, 4) is 5.75 Å². The molecule has 0 bridgehead atoms. The van der Waals surface area contributed by atoms with E-state index in [9.17, 15) is 8.42 Å². The van der Waals surface area contributed by atoms with Crippen LogP contribution in [0, 0.1) is 0 Å². The number of benzene rings is 2. The number of rotatable bonds is 7. The van der Waals surface area contributed by atoms with E-state index in [1.165, 1.54) is 0 Å². The number of nitrogens with one attached hydrogen (secondary N) is 2. The summed E-state index contributed by atoms with van der Waals surface area (Å²) < 4.78 is 31.3. The summed E-state index contributed by atoms with van der Waals surface area (Å²) in [5, 5.41) is 3.33. The smallest absolute Gasteiger partial charge is 0.235 e. The maximum atomic E-state index is 11.8. The molecule has 0 atom stereocenters. The third-order valence-electron chi connectivity index (χ3n) is 3.48. The maximum Gasteiger partial charge on any atom is 0.235 e. The first-order valence-electron chi connectivity index (χ1n) is 7.50. The van der Waals surface area contributed by atoms with Crippen molar-refractivity contribution in [2.45, 2.75) is 25.6 Å². The lowest BCUT2D eigenvalue weighted by Crippen LogP contribution is -2.22. The monoisotopic (exact) mass is 368 g/mol. The molecule has 2 N–H and O–H groups in total. The van der Waals surface area contributed by atoms with E-state index in [0.717, 1.165) is 11.3 Å². The predicted molar refractivity (Wildman–Crippen MR) is 99.5 cm³/mol. The van der Waals surface area contributed by atoms with Crippen molar-refractivity contribution in [2.75, 3.05) is 17.1 Å². The van der Waals surface area contributed by atoms with Crippen molar-refractivity contribution in [1.82, 2.24) is 0 Å². The number of anilines is 2. The molecule has 2 rings (SSSR count). The Morgan fingerprint density at radius 1 is 1.08 bits per heavy atom. The van der Waals surface area contributed by atoms with Crippen molar-refractivity contribution >= 4 is 33.0 Å². The van der Waals surface area contributed by atoms with Crippen molar-refractivity contribution < 1.29 is 13.2 Å². The van der Waals surface area contributed by atoms with Gasteiger partial charge in [0, 0.05) is 17.9 Å². The van der Waals surface area contributed by atoms with Crippen LogP contribution < -0.4 is 14.8 Å². The average molecular weight is 369 g/mol. The number of ether oxygens (including phenoxy) is 1. The SMILES string of the molecule is COc1ccc(NCc2ccc(NS(=O)(=O)C(C)C)cc2)cc1Cl. The Morgan fingerprint density at radius 3 is 2.25 bits per heavy atom. The van der Waals surface area contributed by atoms with E-state index in [0.29, 0.717) is 23.0 Å². The van der Waals surface area contributed by atoms with E-state index in [1.807, 2.05) is 18.2 Å². The molecule has 0 heterocycles. The van der Waals surface area contributed by atoms with E-state index >= 15 is 0 Å². The summed E-state index contributed by atoms with van der Waals surface area (Å²) in [4.78, 5) is 0. The van der Waals surface area contributed by atoms with Crippen LogP contribution in [0.5, 0.6) is 5.75 Å². The van der Waals surface area contributed by atoms with Gasteiger partial charge in [0.1, 0.15) is 5.75 Å². The van der Waals surface area contributed by atoms with E-state index in [2.05, 4.69) is 10.0 Å². The van der Waals surface area contributed by atoms with Gasteiger partial charge in [0.05, 0.1) is 17.4 Å². The molecule has 2 aromatic rings. The molecule has 0 aliphatic heterocycles. The minimum atomic E-state index is -3.32. The van der Waals surface area contributed by atoms with Gasteiger partial charge in [-0.3, -0.25) is 4.72 Å². The van der Waals surface area contributed by atoms with Crippen LogP contribution in [0.25, 0.3) is 0 Å². The van der Waals surface area contributed by atoms with E-state index in [1.54, 1.807) is 45.2 Å². The second kappa shape index (κ2) is 7.77. The fourth-order valence-electron chi connectivity index (χ4n) is 1.95. The normalized spacial score (nSPS) is 11.4. The molecule has 0 radical (unpaired) electrons. The first kappa shape index (κ1) is 18.4. The van der Waals surface area contributed by atoms with Gasteiger partial charge in [-0.1, -0.05) is 23.7 Å². The number of hydrogen-bond donors (Lipinski definition) is 2. The highest BCUT2D eigenvalue weighted by atomic mass is 35.5. The van der Waals surface area contributed by atoms with Gasteiger partial charge in [-0.15, -0.1) is 0 Å². The van der Waals surface area contributed by atoms with Gasteiger partial charge in [0.25, 0.3) is 0 Å². The molecule has 0 spiro atoms. The largest absolute Gasteiger partial charge is 0.495 e. The quantitative estimate of drug-likeness (QED) is 0.771. The summed E-state index contributed by atoms with van der Waals surface area (Å²) in [6.45, 7) is 3.88. The molecule has 0 saturated heterocycles. The minimum absolute atomic E-state index is 0.473. The van der Waals surface area contributed by atoms with E-state index in [-0.39, 0.29) is 0 Å². The van der Waals surface area contributed by atoms with Crippen molar-refractivity contribution in [3.05, 3.63) is 53.1 Å². The van der Waals surface area contributed by atoms with Crippen molar-refractivity contribution in [1.29, 1.82) is 0 Å². The molecule has 0 unspecified atom stereocenters. The molecule has 0 fully saturated rings. The zero-order valence-electron chi connectivity index (χ0n) is 13.8. The van der Waals surface area contributed by atoms with E-state index < -0.39 is 15.3 Å². The van der Waals surface area contributed by atoms with Crippen LogP contribution in [-0.4, -0.2) is 20.8 Å². The highest BCUT2D eigenvalue weighted by Gasteiger charge is 2.15. The van der Waals surface area contributed by atoms with Crippen LogP contribution in [0.3, 0.4) is 0 Å². The Bertz CT molecular complexity index is 790. The van der Waals surface area contributed by atoms with Gasteiger partial charge in [0.2, 0.25) is 10.0 Å². The summed E-state index contributed by atoms with van der Waals surface area (Å²) >= 11 is 6.09. The summed E-state index contributed by atoms with van der Waals surface area (Å²) in [5.41, 5.74) is 2.46. The number of methoxy groups -OCH3 is 1. The molecule has 0 amide bonds. The van der Waals surface area contributed by atoms with Gasteiger partial charge < -0.3 is 10.1 Å². The second-order valence-electron chi connectivity index (χ2n) is 5.60. The average Bonchev–Trinajstić information content (AvgIpc) is 2.54. The van der Waals surface area contributed by atoms with Crippen LogP contribution in [0.15, 0.2) is 42.5 Å². The molecule has 0 aromatic heterocycles. The van der Waals surface area contributed by atoms with Gasteiger partial charge in [-0.25, -0.2) is 8.42 Å². The standard InChI is InChI=1S/C17H21ClN2O3S/c1-12(2)24(21,22)20-14-6-4-13(5-7-14)11-19-15-8-9-17(23-3)16(18)10-15/h4-10,12,19-20H,11H2,1-3H3. The third kappa shape index (κ3) is 4.79. The number of sulfonamides is 1. The Morgan fingerprint density at radius 2 is 1.71 bits per heavy atom. The second-order valence-corrected chi connectivity index (χ2v) is 8.24. The predicted octanol–water partition coefficient (Wildman–Crippen LogP) is 4.11. The number of hydrogen-bond acceptors (Lipinski definition) is 4. The molecule has 130 valence electrons. The molecule has 5 nitrogen and oxygen atoms in total. The van der Waals surface area contributed by atoms with Gasteiger partial charge in [0.15, 0.2) is 0 Å². The Labute approximate surface area is 148 Å². The fourth-order valence-corrected chi connectivity index (χ4v) is 2.91. The molecule has 2 aromatic carbocycles. The molecule has 7 heteroatoms. The maximum absolute atomic E-state index is 11.8. The molecular formula is C17H21ClN2O3S. The zero-order valence-corrected chi connectivity index (χ0v) is 15.4. The van der Waals surface area contributed by atoms with Gasteiger partial charge in [-0.05, 0) is 49.7 Å². The highest BCUT2D eigenvalue weighted by Crippen LogP contribution is 2.27. The fraction of sp³-hybridized carbons (Fsp3) is 0.294. The van der Waals surface area contributed by atoms with Crippen LogP contribution in [0.2, 0.25) is 5.02 Å². The van der Waals surface area contributed by atoms with Gasteiger partial charge >= 0.3 is 0 Å². The van der Waals surface area contributed by atoms with Crippen LogP contribution in [0.1, 0.15) is 19.4 Å². The zero-order chi connectivity index (χ0) is 17.7. The van der Waals surface area contributed by atoms with Crippen molar-refractivity contribution in [2.24, 2.45) is 0 Å². The van der Waals surface area contributed by atoms with Crippen molar-refractivity contribution in [3.63, 3.8) is 0 Å². The summed E-state index contributed by atoms with van der Waals surface area (Å²) in [6.07, 6.45) is 0. The lowest BCUT2D eigenvalue weighted by Gasteiger charge is -2.12. The molecular weight excluding hydrogens is 348 g/mol. The molecule has 0 aliphatic carbocycles. The van der Waals surface area contributed by atoms with Gasteiger partial charge in [-0.2, -0.15) is 0 Å². The third-order valence-corrected chi connectivity index (χ3v) is 5.54. The number of halogens is 1. The first-order valence-corrected chi connectivity index (χ1v) is 9.42. The molecule has 24 heavy (non-hydrogen) atoms. The summed E-state index contributed by atoms with van der Waals surface area (Å²) in [7, 11) is -1.75. The lowest BCUT2D eigenvalue weighted by atomic mass is 10.2. The highest BCUT2D eigenvalue weighted by molar-refractivity contribution is 7.93. The molecule has 0 aliphatic rings. The minimum Gasteiger partial charge on any atom is -0.495 e. The Kier molecular flexibility index (Phi) is 5.96. The summed E-state index contributed by atoms with van der Waals surface area (Å²) in [5.74, 6) is 0.629. The van der Waals surface area contributed by atoms with Crippen LogP contribution in [-0.2, 0) is 16.6 Å². The first-order chi connectivity index (χ1) is 11.3. The molecule has 0 saturated carbocycles.